The average molecular weight is 435 g/mol. The second-order valence-corrected chi connectivity index (χ2v) is 9.58. The second kappa shape index (κ2) is 9.53. The van der Waals surface area contributed by atoms with Crippen LogP contribution >= 0.6 is 0 Å². The number of hydrogen-bond donors (Lipinski definition) is 0. The Morgan fingerprint density at radius 2 is 1.72 bits per heavy atom. The van der Waals surface area contributed by atoms with E-state index in [1.165, 1.54) is 24.8 Å². The number of hydrogen-bond acceptors (Lipinski definition) is 4. The number of carbonyl (C=O) groups is 1. The number of amides is 1. The van der Waals surface area contributed by atoms with E-state index in [4.69, 9.17) is 9.47 Å². The van der Waals surface area contributed by atoms with E-state index >= 15 is 0 Å². The molecule has 0 bridgehead atoms. The van der Waals surface area contributed by atoms with E-state index in [1.807, 2.05) is 24.3 Å². The van der Waals surface area contributed by atoms with Crippen LogP contribution in [0, 0.1) is 5.92 Å². The first-order chi connectivity index (χ1) is 15.7. The molecule has 5 rings (SSSR count). The minimum absolute atomic E-state index is 0.00623. The number of anilines is 1. The molecular weight excluding hydrogens is 400 g/mol. The molecular formula is C27H34N2O3. The van der Waals surface area contributed by atoms with Gasteiger partial charge in [-0.25, -0.2) is 0 Å². The summed E-state index contributed by atoms with van der Waals surface area (Å²) in [6.45, 7) is 2.17. The molecule has 2 aromatic carbocycles. The van der Waals surface area contributed by atoms with Crippen molar-refractivity contribution in [1.29, 1.82) is 0 Å². The minimum atomic E-state index is -0.00623. The highest BCUT2D eigenvalue weighted by Crippen LogP contribution is 2.35. The number of likely N-dealkylation sites (N-methyl/N-ethyl adjacent to an activating group) is 1. The first kappa shape index (κ1) is 21.3. The van der Waals surface area contributed by atoms with E-state index in [2.05, 4.69) is 41.1 Å². The number of aryl methyl sites for hydroxylation is 1. The SMILES string of the molecule is CN(CC1COc2ccccc2O1)CC1CCc2ccccc2N1C(=O)C1CCCCC1. The molecule has 1 saturated carbocycles. The largest absolute Gasteiger partial charge is 0.486 e. The Morgan fingerprint density at radius 1 is 0.969 bits per heavy atom. The van der Waals surface area contributed by atoms with Crippen molar-refractivity contribution in [1.82, 2.24) is 4.90 Å². The van der Waals surface area contributed by atoms with Crippen LogP contribution in [0.25, 0.3) is 0 Å². The van der Waals surface area contributed by atoms with Gasteiger partial charge in [0.05, 0.1) is 0 Å². The van der Waals surface area contributed by atoms with Crippen LogP contribution in [0.4, 0.5) is 5.69 Å². The Balaban J connectivity index is 1.28. The van der Waals surface area contributed by atoms with Gasteiger partial charge in [0.1, 0.15) is 12.7 Å². The Bertz CT molecular complexity index is 940. The lowest BCUT2D eigenvalue weighted by atomic mass is 9.86. The van der Waals surface area contributed by atoms with Crippen molar-refractivity contribution in [2.45, 2.75) is 57.1 Å². The molecule has 1 amide bonds. The van der Waals surface area contributed by atoms with Crippen LogP contribution < -0.4 is 14.4 Å². The first-order valence-corrected chi connectivity index (χ1v) is 12.2. The van der Waals surface area contributed by atoms with Gasteiger partial charge >= 0.3 is 0 Å². The number of benzene rings is 2. The van der Waals surface area contributed by atoms with Crippen molar-refractivity contribution in [2.24, 2.45) is 5.92 Å². The van der Waals surface area contributed by atoms with E-state index in [9.17, 15) is 4.79 Å². The summed E-state index contributed by atoms with van der Waals surface area (Å²) in [7, 11) is 2.13. The van der Waals surface area contributed by atoms with Crippen molar-refractivity contribution in [3.63, 3.8) is 0 Å². The van der Waals surface area contributed by atoms with Gasteiger partial charge in [-0.05, 0) is 56.5 Å². The Morgan fingerprint density at radius 3 is 2.56 bits per heavy atom. The molecule has 0 N–H and O–H groups in total. The molecule has 0 spiro atoms. The highest BCUT2D eigenvalue weighted by atomic mass is 16.6. The van der Waals surface area contributed by atoms with E-state index < -0.39 is 0 Å². The number of nitrogens with zero attached hydrogens (tertiary/aromatic N) is 2. The van der Waals surface area contributed by atoms with E-state index in [1.54, 1.807) is 0 Å². The van der Waals surface area contributed by atoms with Crippen molar-refractivity contribution >= 4 is 11.6 Å². The summed E-state index contributed by atoms with van der Waals surface area (Å²) in [5, 5.41) is 0. The van der Waals surface area contributed by atoms with Crippen LogP contribution in [-0.2, 0) is 11.2 Å². The van der Waals surface area contributed by atoms with Gasteiger partial charge in [0.25, 0.3) is 0 Å². The predicted octanol–water partition coefficient (Wildman–Crippen LogP) is 4.69. The molecule has 0 radical (unpaired) electrons. The smallest absolute Gasteiger partial charge is 0.230 e. The molecule has 5 nitrogen and oxygen atoms in total. The molecule has 2 aromatic rings. The van der Waals surface area contributed by atoms with Gasteiger partial charge in [-0.2, -0.15) is 0 Å². The summed E-state index contributed by atoms with van der Waals surface area (Å²) in [4.78, 5) is 18.2. The van der Waals surface area contributed by atoms with Crippen LogP contribution in [0.2, 0.25) is 0 Å². The summed E-state index contributed by atoms with van der Waals surface area (Å²) in [6, 6.07) is 16.5. The zero-order valence-electron chi connectivity index (χ0n) is 19.0. The zero-order valence-corrected chi connectivity index (χ0v) is 19.0. The molecule has 3 aliphatic rings. The molecule has 0 saturated heterocycles. The molecule has 5 heteroatoms. The average Bonchev–Trinajstić information content (AvgIpc) is 2.84. The summed E-state index contributed by atoms with van der Waals surface area (Å²) >= 11 is 0. The first-order valence-electron chi connectivity index (χ1n) is 12.2. The molecule has 2 heterocycles. The maximum absolute atomic E-state index is 13.7. The van der Waals surface area contributed by atoms with Gasteiger partial charge in [-0.1, -0.05) is 49.6 Å². The molecule has 2 aliphatic heterocycles. The fraction of sp³-hybridized carbons (Fsp3) is 0.519. The van der Waals surface area contributed by atoms with E-state index in [0.717, 1.165) is 56.0 Å². The van der Waals surface area contributed by atoms with Gasteiger partial charge in [-0.15, -0.1) is 0 Å². The highest BCUT2D eigenvalue weighted by Gasteiger charge is 2.36. The summed E-state index contributed by atoms with van der Waals surface area (Å²) in [6.07, 6.45) is 7.71. The van der Waals surface area contributed by atoms with Crippen LogP contribution in [0.15, 0.2) is 48.5 Å². The number of carbonyl (C=O) groups excluding carboxylic acids is 1. The molecule has 1 aliphatic carbocycles. The molecule has 170 valence electrons. The fourth-order valence-corrected chi connectivity index (χ4v) is 5.56. The monoisotopic (exact) mass is 434 g/mol. The number of ether oxygens (including phenoxy) is 2. The lowest BCUT2D eigenvalue weighted by Gasteiger charge is -2.41. The van der Waals surface area contributed by atoms with Crippen LogP contribution in [0.3, 0.4) is 0 Å². The Labute approximate surface area is 191 Å². The van der Waals surface area contributed by atoms with Gasteiger partial charge in [-0.3, -0.25) is 4.79 Å². The standard InChI is InChI=1S/C27H34N2O3/c1-28(18-23-19-31-25-13-7-8-14-26(25)32-23)17-22-16-15-20-9-5-6-12-24(20)29(22)27(30)21-10-3-2-4-11-21/h5-9,12-14,21-23H,2-4,10-11,15-19H2,1H3. The van der Waals surface area contributed by atoms with Crippen molar-refractivity contribution in [2.75, 3.05) is 31.6 Å². The summed E-state index contributed by atoms with van der Waals surface area (Å²) < 4.78 is 12.1. The lowest BCUT2D eigenvalue weighted by molar-refractivity contribution is -0.124. The third-order valence-electron chi connectivity index (χ3n) is 7.16. The number of rotatable bonds is 5. The fourth-order valence-electron chi connectivity index (χ4n) is 5.56. The molecule has 2 atom stereocenters. The van der Waals surface area contributed by atoms with Crippen LogP contribution in [0.5, 0.6) is 11.5 Å². The second-order valence-electron chi connectivity index (χ2n) is 9.58. The lowest BCUT2D eigenvalue weighted by Crippen LogP contribution is -2.52. The summed E-state index contributed by atoms with van der Waals surface area (Å²) in [5.74, 6) is 2.15. The highest BCUT2D eigenvalue weighted by molar-refractivity contribution is 5.97. The van der Waals surface area contributed by atoms with Gasteiger partial charge in [0.2, 0.25) is 5.91 Å². The van der Waals surface area contributed by atoms with Crippen molar-refractivity contribution in [3.8, 4) is 11.5 Å². The minimum Gasteiger partial charge on any atom is -0.486 e. The normalized spacial score (nSPS) is 23.1. The van der Waals surface area contributed by atoms with Crippen molar-refractivity contribution < 1.29 is 14.3 Å². The molecule has 0 aromatic heterocycles. The van der Waals surface area contributed by atoms with Crippen LogP contribution in [-0.4, -0.2) is 49.7 Å². The molecule has 2 unspecified atom stereocenters. The van der Waals surface area contributed by atoms with Crippen LogP contribution in [0.1, 0.15) is 44.1 Å². The quantitative estimate of drug-likeness (QED) is 0.685. The maximum Gasteiger partial charge on any atom is 0.230 e. The predicted molar refractivity (Wildman–Crippen MR) is 126 cm³/mol. The van der Waals surface area contributed by atoms with Crippen molar-refractivity contribution in [3.05, 3.63) is 54.1 Å². The molecule has 1 fully saturated rings. The maximum atomic E-state index is 13.7. The Hall–Kier alpha value is -2.53. The van der Waals surface area contributed by atoms with E-state index in [0.29, 0.717) is 12.5 Å². The topological polar surface area (TPSA) is 42.0 Å². The van der Waals surface area contributed by atoms with E-state index in [-0.39, 0.29) is 18.1 Å². The van der Waals surface area contributed by atoms with Gasteiger partial charge in [0.15, 0.2) is 11.5 Å². The number of fused-ring (bicyclic) bond motifs is 2. The zero-order chi connectivity index (χ0) is 21.9. The molecule has 32 heavy (non-hydrogen) atoms. The third-order valence-corrected chi connectivity index (χ3v) is 7.16. The Kier molecular flexibility index (Phi) is 6.35. The third kappa shape index (κ3) is 4.49. The number of para-hydroxylation sites is 3. The van der Waals surface area contributed by atoms with Gasteiger partial charge in [0, 0.05) is 30.7 Å². The van der Waals surface area contributed by atoms with Gasteiger partial charge < -0.3 is 19.3 Å². The summed E-state index contributed by atoms with van der Waals surface area (Å²) in [5.41, 5.74) is 2.43.